The van der Waals surface area contributed by atoms with E-state index in [1.54, 1.807) is 18.3 Å². The standard InChI is InChI=1S/C12H17NO3/c1-13(5-7-15-2)12(14)10-8-9(10)11-4-3-6-16-11/h3-4,6,9-10H,5,7-8H2,1-2H3/t9-,10-/m1/s1. The Bertz CT molecular complexity index is 347. The molecule has 2 rings (SSSR count). The second-order valence-electron chi connectivity index (χ2n) is 4.22. The minimum absolute atomic E-state index is 0.105. The van der Waals surface area contributed by atoms with Gasteiger partial charge >= 0.3 is 0 Å². The predicted octanol–water partition coefficient (Wildman–Crippen LogP) is 1.49. The molecular weight excluding hydrogens is 206 g/mol. The summed E-state index contributed by atoms with van der Waals surface area (Å²) in [4.78, 5) is 13.7. The summed E-state index contributed by atoms with van der Waals surface area (Å²) in [6, 6.07) is 3.80. The normalized spacial score (nSPS) is 23.1. The van der Waals surface area contributed by atoms with Gasteiger partial charge in [0.25, 0.3) is 0 Å². The lowest BCUT2D eigenvalue weighted by atomic mass is 10.2. The number of ether oxygens (including phenoxy) is 1. The minimum atomic E-state index is 0.105. The molecule has 1 aromatic heterocycles. The lowest BCUT2D eigenvalue weighted by Crippen LogP contribution is -2.31. The van der Waals surface area contributed by atoms with Gasteiger partial charge in [-0.1, -0.05) is 0 Å². The van der Waals surface area contributed by atoms with Crippen LogP contribution in [0.1, 0.15) is 18.1 Å². The van der Waals surface area contributed by atoms with Crippen LogP contribution in [0.25, 0.3) is 0 Å². The fourth-order valence-electron chi connectivity index (χ4n) is 1.91. The molecule has 2 atom stereocenters. The Kier molecular flexibility index (Phi) is 3.29. The van der Waals surface area contributed by atoms with E-state index in [9.17, 15) is 4.79 Å². The number of furan rings is 1. The van der Waals surface area contributed by atoms with Gasteiger partial charge in [-0.15, -0.1) is 0 Å². The summed E-state index contributed by atoms with van der Waals surface area (Å²) in [5.41, 5.74) is 0. The van der Waals surface area contributed by atoms with E-state index in [4.69, 9.17) is 9.15 Å². The van der Waals surface area contributed by atoms with Crippen molar-refractivity contribution in [2.75, 3.05) is 27.3 Å². The van der Waals surface area contributed by atoms with Crippen molar-refractivity contribution in [3.05, 3.63) is 24.2 Å². The molecule has 1 heterocycles. The highest BCUT2D eigenvalue weighted by molar-refractivity contribution is 5.82. The van der Waals surface area contributed by atoms with Crippen LogP contribution in [0.15, 0.2) is 22.8 Å². The summed E-state index contributed by atoms with van der Waals surface area (Å²) in [6.45, 7) is 1.23. The summed E-state index contributed by atoms with van der Waals surface area (Å²) in [5.74, 6) is 1.51. The molecule has 0 aliphatic heterocycles. The number of amides is 1. The first-order valence-corrected chi connectivity index (χ1v) is 5.51. The summed E-state index contributed by atoms with van der Waals surface area (Å²) in [5, 5.41) is 0. The van der Waals surface area contributed by atoms with Crippen molar-refractivity contribution in [1.29, 1.82) is 0 Å². The number of hydrogen-bond acceptors (Lipinski definition) is 3. The lowest BCUT2D eigenvalue weighted by Gasteiger charge is -2.16. The van der Waals surface area contributed by atoms with E-state index in [0.717, 1.165) is 12.2 Å². The SMILES string of the molecule is COCCN(C)C(=O)[C@@H]1C[C@H]1c1ccco1. The Morgan fingerprint density at radius 1 is 1.69 bits per heavy atom. The average molecular weight is 223 g/mol. The van der Waals surface area contributed by atoms with Gasteiger partial charge in [0.15, 0.2) is 0 Å². The fraction of sp³-hybridized carbons (Fsp3) is 0.583. The molecule has 0 aromatic carbocycles. The number of hydrogen-bond donors (Lipinski definition) is 0. The van der Waals surface area contributed by atoms with Crippen LogP contribution >= 0.6 is 0 Å². The van der Waals surface area contributed by atoms with Gasteiger partial charge in [0.05, 0.1) is 12.9 Å². The lowest BCUT2D eigenvalue weighted by molar-refractivity contribution is -0.131. The Hall–Kier alpha value is -1.29. The molecule has 0 radical (unpaired) electrons. The summed E-state index contributed by atoms with van der Waals surface area (Å²) in [6.07, 6.45) is 2.56. The largest absolute Gasteiger partial charge is 0.469 e. The third-order valence-corrected chi connectivity index (χ3v) is 3.02. The van der Waals surface area contributed by atoms with Crippen molar-refractivity contribution in [2.45, 2.75) is 12.3 Å². The number of likely N-dealkylation sites (N-methyl/N-ethyl adjacent to an activating group) is 1. The van der Waals surface area contributed by atoms with Crippen molar-refractivity contribution in [3.63, 3.8) is 0 Å². The molecule has 4 nitrogen and oxygen atoms in total. The molecule has 0 bridgehead atoms. The first kappa shape index (κ1) is 11.2. The summed E-state index contributed by atoms with van der Waals surface area (Å²) < 4.78 is 10.3. The Morgan fingerprint density at radius 2 is 2.50 bits per heavy atom. The van der Waals surface area contributed by atoms with Gasteiger partial charge in [-0.3, -0.25) is 4.79 Å². The maximum absolute atomic E-state index is 11.9. The first-order chi connectivity index (χ1) is 7.74. The molecular formula is C12H17NO3. The van der Waals surface area contributed by atoms with Crippen LogP contribution in [0, 0.1) is 5.92 Å². The second kappa shape index (κ2) is 4.70. The molecule has 1 fully saturated rings. The fourth-order valence-corrected chi connectivity index (χ4v) is 1.91. The molecule has 1 saturated carbocycles. The van der Waals surface area contributed by atoms with Crippen molar-refractivity contribution in [3.8, 4) is 0 Å². The molecule has 1 aliphatic rings. The van der Waals surface area contributed by atoms with Gasteiger partial charge in [-0.2, -0.15) is 0 Å². The van der Waals surface area contributed by atoms with Crippen LogP contribution in [0.5, 0.6) is 0 Å². The van der Waals surface area contributed by atoms with Gasteiger partial charge in [0.1, 0.15) is 5.76 Å². The Balaban J connectivity index is 1.84. The average Bonchev–Trinajstić information content (AvgIpc) is 2.91. The zero-order valence-electron chi connectivity index (χ0n) is 9.68. The van der Waals surface area contributed by atoms with Crippen molar-refractivity contribution >= 4 is 5.91 Å². The summed E-state index contributed by atoms with van der Waals surface area (Å²) in [7, 11) is 3.46. The van der Waals surface area contributed by atoms with E-state index < -0.39 is 0 Å². The van der Waals surface area contributed by atoms with Gasteiger partial charge in [-0.25, -0.2) is 0 Å². The minimum Gasteiger partial charge on any atom is -0.469 e. The van der Waals surface area contributed by atoms with Gasteiger partial charge in [0, 0.05) is 32.5 Å². The molecule has 4 heteroatoms. The molecule has 1 amide bonds. The van der Waals surface area contributed by atoms with Crippen molar-refractivity contribution in [1.82, 2.24) is 4.90 Å². The zero-order chi connectivity index (χ0) is 11.5. The molecule has 1 aromatic rings. The number of carbonyl (C=O) groups excluding carboxylic acids is 1. The van der Waals surface area contributed by atoms with E-state index in [1.807, 2.05) is 19.2 Å². The van der Waals surface area contributed by atoms with Crippen LogP contribution < -0.4 is 0 Å². The first-order valence-electron chi connectivity index (χ1n) is 5.51. The van der Waals surface area contributed by atoms with E-state index in [-0.39, 0.29) is 17.7 Å². The van der Waals surface area contributed by atoms with Crippen LogP contribution in [0.3, 0.4) is 0 Å². The van der Waals surface area contributed by atoms with E-state index in [0.29, 0.717) is 13.2 Å². The third-order valence-electron chi connectivity index (χ3n) is 3.02. The molecule has 0 saturated heterocycles. The van der Waals surface area contributed by atoms with Crippen LogP contribution in [-0.4, -0.2) is 38.1 Å². The van der Waals surface area contributed by atoms with Crippen molar-refractivity contribution in [2.24, 2.45) is 5.92 Å². The number of nitrogens with zero attached hydrogens (tertiary/aromatic N) is 1. The van der Waals surface area contributed by atoms with E-state index >= 15 is 0 Å². The number of rotatable bonds is 5. The maximum Gasteiger partial charge on any atom is 0.226 e. The van der Waals surface area contributed by atoms with E-state index in [2.05, 4.69) is 0 Å². The van der Waals surface area contributed by atoms with Gasteiger partial charge in [0.2, 0.25) is 5.91 Å². The quantitative estimate of drug-likeness (QED) is 0.759. The second-order valence-corrected chi connectivity index (χ2v) is 4.22. The highest BCUT2D eigenvalue weighted by Crippen LogP contribution is 2.48. The van der Waals surface area contributed by atoms with Crippen LogP contribution in [-0.2, 0) is 9.53 Å². The van der Waals surface area contributed by atoms with Gasteiger partial charge < -0.3 is 14.1 Å². The number of methoxy groups -OCH3 is 1. The molecule has 88 valence electrons. The van der Waals surface area contributed by atoms with Crippen LogP contribution in [0.2, 0.25) is 0 Å². The van der Waals surface area contributed by atoms with E-state index in [1.165, 1.54) is 0 Å². The highest BCUT2D eigenvalue weighted by Gasteiger charge is 2.46. The van der Waals surface area contributed by atoms with Crippen molar-refractivity contribution < 1.29 is 13.9 Å². The Morgan fingerprint density at radius 3 is 3.12 bits per heavy atom. The molecule has 1 aliphatic carbocycles. The molecule has 0 spiro atoms. The smallest absolute Gasteiger partial charge is 0.226 e. The van der Waals surface area contributed by atoms with Crippen LogP contribution in [0.4, 0.5) is 0 Å². The predicted molar refractivity (Wildman–Crippen MR) is 59.1 cm³/mol. The molecule has 0 N–H and O–H groups in total. The Labute approximate surface area is 95.2 Å². The number of carbonyl (C=O) groups is 1. The maximum atomic E-state index is 11.9. The zero-order valence-corrected chi connectivity index (χ0v) is 9.68. The third kappa shape index (κ3) is 2.27. The topological polar surface area (TPSA) is 42.7 Å². The van der Waals surface area contributed by atoms with Gasteiger partial charge in [-0.05, 0) is 18.6 Å². The summed E-state index contributed by atoms with van der Waals surface area (Å²) >= 11 is 0. The monoisotopic (exact) mass is 223 g/mol. The molecule has 0 unspecified atom stereocenters. The molecule has 16 heavy (non-hydrogen) atoms. The highest BCUT2D eigenvalue weighted by atomic mass is 16.5.